The van der Waals surface area contributed by atoms with E-state index < -0.39 is 11.7 Å². The molecule has 0 saturated carbocycles. The van der Waals surface area contributed by atoms with Gasteiger partial charge in [0.05, 0.1) is 28.4 Å². The Bertz CT molecular complexity index is 1410. The van der Waals surface area contributed by atoms with Gasteiger partial charge < -0.3 is 4.42 Å². The minimum absolute atomic E-state index is 0.329. The maximum atomic E-state index is 12.7. The molecule has 0 aliphatic rings. The van der Waals surface area contributed by atoms with Crippen molar-refractivity contribution in [2.75, 3.05) is 0 Å². The Kier molecular flexibility index (Phi) is 6.31. The van der Waals surface area contributed by atoms with E-state index >= 15 is 0 Å². The standard InChI is InChI=1S/C25H18ClF3N4O/c1-15-24(18-6-7-19(12-30)22(26)11-18)16(2)33(32-15)13-21-14-34-23(31-21)10-5-17-3-8-20(9-4-17)25(27,28)29/h3-11,14H,13H2,1-2H3. The summed E-state index contributed by atoms with van der Waals surface area (Å²) in [6.45, 7) is 4.20. The van der Waals surface area contributed by atoms with Crippen molar-refractivity contribution in [1.82, 2.24) is 14.8 Å². The van der Waals surface area contributed by atoms with Gasteiger partial charge >= 0.3 is 6.18 Å². The third kappa shape index (κ3) is 4.90. The van der Waals surface area contributed by atoms with E-state index in [-0.39, 0.29) is 0 Å². The number of alkyl halides is 3. The number of rotatable bonds is 5. The Morgan fingerprint density at radius 3 is 2.50 bits per heavy atom. The molecule has 0 N–H and O–H groups in total. The van der Waals surface area contributed by atoms with E-state index in [1.807, 2.05) is 19.9 Å². The van der Waals surface area contributed by atoms with Gasteiger partial charge in [-0.25, -0.2) is 4.98 Å². The summed E-state index contributed by atoms with van der Waals surface area (Å²) in [7, 11) is 0. The number of nitriles is 1. The van der Waals surface area contributed by atoms with Crippen LogP contribution in [-0.4, -0.2) is 14.8 Å². The molecular formula is C25H18ClF3N4O. The van der Waals surface area contributed by atoms with E-state index in [4.69, 9.17) is 21.3 Å². The first-order chi connectivity index (χ1) is 16.2. The number of aryl methyl sites for hydroxylation is 1. The largest absolute Gasteiger partial charge is 0.445 e. The van der Waals surface area contributed by atoms with Crippen LogP contribution in [0.5, 0.6) is 0 Å². The lowest BCUT2D eigenvalue weighted by atomic mass is 10.0. The van der Waals surface area contributed by atoms with Crippen LogP contribution in [-0.2, 0) is 12.7 Å². The molecule has 2 aromatic heterocycles. The lowest BCUT2D eigenvalue weighted by Gasteiger charge is -2.05. The van der Waals surface area contributed by atoms with Crippen molar-refractivity contribution in [2.45, 2.75) is 26.6 Å². The SMILES string of the molecule is Cc1nn(Cc2coc(C=Cc3ccc(C(F)(F)F)cc3)n2)c(C)c1-c1ccc(C#N)c(Cl)c1. The second-order valence-electron chi connectivity index (χ2n) is 7.64. The Balaban J connectivity index is 1.50. The van der Waals surface area contributed by atoms with Crippen LogP contribution in [0.1, 0.15) is 39.7 Å². The average molecular weight is 483 g/mol. The molecule has 0 spiro atoms. The fourth-order valence-electron chi connectivity index (χ4n) is 3.61. The van der Waals surface area contributed by atoms with Gasteiger partial charge in [-0.15, -0.1) is 0 Å². The molecule has 0 fully saturated rings. The van der Waals surface area contributed by atoms with E-state index in [1.54, 1.807) is 29.0 Å². The van der Waals surface area contributed by atoms with Crippen LogP contribution in [0.25, 0.3) is 23.3 Å². The van der Waals surface area contributed by atoms with Crippen LogP contribution in [0.3, 0.4) is 0 Å². The lowest BCUT2D eigenvalue weighted by Crippen LogP contribution is -2.04. The van der Waals surface area contributed by atoms with Crippen molar-refractivity contribution in [3.8, 4) is 17.2 Å². The Hall–Kier alpha value is -3.83. The van der Waals surface area contributed by atoms with Crippen LogP contribution in [0, 0.1) is 25.2 Å². The molecule has 0 aliphatic carbocycles. The van der Waals surface area contributed by atoms with Gasteiger partial charge in [-0.05, 0) is 55.3 Å². The zero-order valence-electron chi connectivity index (χ0n) is 18.2. The maximum Gasteiger partial charge on any atom is 0.416 e. The summed E-state index contributed by atoms with van der Waals surface area (Å²) in [5, 5.41) is 14.1. The minimum atomic E-state index is -4.37. The first kappa shape index (κ1) is 23.3. The monoisotopic (exact) mass is 482 g/mol. The summed E-state index contributed by atoms with van der Waals surface area (Å²) in [5.74, 6) is 0.329. The number of hydrogen-bond donors (Lipinski definition) is 0. The second-order valence-corrected chi connectivity index (χ2v) is 8.05. The highest BCUT2D eigenvalue weighted by Gasteiger charge is 2.29. The van der Waals surface area contributed by atoms with Crippen LogP contribution < -0.4 is 0 Å². The summed E-state index contributed by atoms with van der Waals surface area (Å²) in [5.41, 5.74) is 4.46. The molecule has 0 bridgehead atoms. The molecule has 0 unspecified atom stereocenters. The molecule has 9 heteroatoms. The predicted molar refractivity (Wildman–Crippen MR) is 123 cm³/mol. The van der Waals surface area contributed by atoms with Gasteiger partial charge in [-0.2, -0.15) is 23.5 Å². The average Bonchev–Trinajstić information content (AvgIpc) is 3.35. The van der Waals surface area contributed by atoms with Crippen molar-refractivity contribution in [2.24, 2.45) is 0 Å². The molecule has 4 rings (SSSR count). The molecule has 0 radical (unpaired) electrons. The van der Waals surface area contributed by atoms with E-state index in [9.17, 15) is 13.2 Å². The third-order valence-electron chi connectivity index (χ3n) is 5.30. The summed E-state index contributed by atoms with van der Waals surface area (Å²) < 4.78 is 45.3. The number of nitrogens with zero attached hydrogens (tertiary/aromatic N) is 4. The fourth-order valence-corrected chi connectivity index (χ4v) is 3.83. The van der Waals surface area contributed by atoms with Gasteiger partial charge in [0.1, 0.15) is 18.0 Å². The number of hydrogen-bond acceptors (Lipinski definition) is 4. The molecule has 2 aromatic carbocycles. The summed E-state index contributed by atoms with van der Waals surface area (Å²) in [4.78, 5) is 4.42. The number of aromatic nitrogens is 3. The van der Waals surface area contributed by atoms with E-state index in [0.29, 0.717) is 34.3 Å². The Labute approximate surface area is 198 Å². The van der Waals surface area contributed by atoms with Gasteiger partial charge in [0.2, 0.25) is 5.89 Å². The van der Waals surface area contributed by atoms with Gasteiger partial charge in [-0.1, -0.05) is 29.8 Å². The Morgan fingerprint density at radius 1 is 1.12 bits per heavy atom. The highest BCUT2D eigenvalue weighted by atomic mass is 35.5. The number of halogens is 4. The smallest absolute Gasteiger partial charge is 0.416 e. The summed E-state index contributed by atoms with van der Waals surface area (Å²) in [6, 6.07) is 12.2. The summed E-state index contributed by atoms with van der Waals surface area (Å²) >= 11 is 6.20. The van der Waals surface area contributed by atoms with Gasteiger partial charge in [-0.3, -0.25) is 4.68 Å². The van der Waals surface area contributed by atoms with Crippen LogP contribution in [0.4, 0.5) is 13.2 Å². The van der Waals surface area contributed by atoms with Gasteiger partial charge in [0.25, 0.3) is 0 Å². The van der Waals surface area contributed by atoms with Crippen molar-refractivity contribution >= 4 is 23.8 Å². The molecule has 0 aliphatic heterocycles. The zero-order chi connectivity index (χ0) is 24.5. The first-order valence-corrected chi connectivity index (χ1v) is 10.6. The lowest BCUT2D eigenvalue weighted by molar-refractivity contribution is -0.137. The molecule has 4 aromatic rings. The second kappa shape index (κ2) is 9.20. The molecule has 172 valence electrons. The van der Waals surface area contributed by atoms with Crippen LogP contribution in [0.2, 0.25) is 5.02 Å². The van der Waals surface area contributed by atoms with Crippen molar-refractivity contribution < 1.29 is 17.6 Å². The maximum absolute atomic E-state index is 12.7. The van der Waals surface area contributed by atoms with Crippen molar-refractivity contribution in [1.29, 1.82) is 5.26 Å². The normalized spacial score (nSPS) is 11.8. The Morgan fingerprint density at radius 2 is 1.85 bits per heavy atom. The first-order valence-electron chi connectivity index (χ1n) is 10.2. The molecule has 2 heterocycles. The predicted octanol–water partition coefficient (Wildman–Crippen LogP) is 6.92. The van der Waals surface area contributed by atoms with E-state index in [2.05, 4.69) is 16.2 Å². The molecule has 0 amide bonds. The molecular weight excluding hydrogens is 465 g/mol. The fraction of sp³-hybridized carbons (Fsp3) is 0.160. The number of oxazole rings is 1. The highest BCUT2D eigenvalue weighted by Crippen LogP contribution is 2.31. The molecule has 0 saturated heterocycles. The van der Waals surface area contributed by atoms with Gasteiger partial charge in [0.15, 0.2) is 0 Å². The zero-order valence-corrected chi connectivity index (χ0v) is 18.9. The molecule has 34 heavy (non-hydrogen) atoms. The topological polar surface area (TPSA) is 67.6 Å². The third-order valence-corrected chi connectivity index (χ3v) is 5.61. The van der Waals surface area contributed by atoms with E-state index in [1.165, 1.54) is 18.4 Å². The van der Waals surface area contributed by atoms with E-state index in [0.717, 1.165) is 34.6 Å². The van der Waals surface area contributed by atoms with Crippen LogP contribution >= 0.6 is 11.6 Å². The summed E-state index contributed by atoms with van der Waals surface area (Å²) in [6.07, 6.45) is 0.374. The van der Waals surface area contributed by atoms with Gasteiger partial charge in [0, 0.05) is 17.3 Å². The van der Waals surface area contributed by atoms with Crippen molar-refractivity contribution in [3.05, 3.63) is 93.4 Å². The molecule has 0 atom stereocenters. The van der Waals surface area contributed by atoms with Crippen molar-refractivity contribution in [3.63, 3.8) is 0 Å². The number of benzene rings is 2. The molecule has 5 nitrogen and oxygen atoms in total. The minimum Gasteiger partial charge on any atom is -0.445 e. The quantitative estimate of drug-likeness (QED) is 0.309. The highest BCUT2D eigenvalue weighted by molar-refractivity contribution is 6.32. The van der Waals surface area contributed by atoms with Crippen LogP contribution in [0.15, 0.2) is 53.1 Å².